The fourth-order valence-corrected chi connectivity index (χ4v) is 3.41. The number of amides is 1. The molecule has 5 rings (SSSR count). The molecule has 170 valence electrons. The second-order valence-electron chi connectivity index (χ2n) is 7.35. The number of methoxy groups -OCH3 is 1. The van der Waals surface area contributed by atoms with E-state index in [1.54, 1.807) is 31.4 Å². The fourth-order valence-electron chi connectivity index (χ4n) is 3.41. The molecule has 0 saturated carbocycles. The zero-order valence-electron chi connectivity index (χ0n) is 18.4. The summed E-state index contributed by atoms with van der Waals surface area (Å²) in [6.45, 7) is 1.44. The number of rotatable bonds is 6. The van der Waals surface area contributed by atoms with Crippen LogP contribution in [0.25, 0.3) is 5.69 Å². The average Bonchev–Trinajstić information content (AvgIpc) is 3.53. The van der Waals surface area contributed by atoms with Gasteiger partial charge in [-0.25, -0.2) is 0 Å². The lowest BCUT2D eigenvalue weighted by Crippen LogP contribution is -2.25. The van der Waals surface area contributed by atoms with Gasteiger partial charge in [-0.2, -0.15) is 9.69 Å². The van der Waals surface area contributed by atoms with E-state index in [1.807, 2.05) is 54.6 Å². The van der Waals surface area contributed by atoms with Crippen molar-refractivity contribution >= 4 is 11.8 Å². The summed E-state index contributed by atoms with van der Waals surface area (Å²) in [4.78, 5) is 12.2. The van der Waals surface area contributed by atoms with Gasteiger partial charge in [0, 0.05) is 18.1 Å². The van der Waals surface area contributed by atoms with E-state index in [1.165, 1.54) is 16.6 Å². The van der Waals surface area contributed by atoms with Crippen LogP contribution in [0.4, 0.5) is 0 Å². The summed E-state index contributed by atoms with van der Waals surface area (Å²) in [5.74, 6) is 1.34. The van der Waals surface area contributed by atoms with Gasteiger partial charge in [0.25, 0.3) is 0 Å². The van der Waals surface area contributed by atoms with Gasteiger partial charge in [-0.15, -0.1) is 5.10 Å². The van der Waals surface area contributed by atoms with Crippen LogP contribution in [0.1, 0.15) is 24.3 Å². The number of aromatic nitrogens is 4. The fraction of sp³-hybridized carbons (Fsp3) is 0.125. The zero-order chi connectivity index (χ0) is 23.5. The third-order valence-electron chi connectivity index (χ3n) is 5.12. The topological polar surface area (TPSA) is 104 Å². The summed E-state index contributed by atoms with van der Waals surface area (Å²) >= 11 is 0. The van der Waals surface area contributed by atoms with Crippen LogP contribution in [-0.4, -0.2) is 44.1 Å². The number of para-hydroxylation sites is 1. The maximum atomic E-state index is 12.2. The first-order valence-electron chi connectivity index (χ1n) is 10.4. The summed E-state index contributed by atoms with van der Waals surface area (Å²) in [5, 5.41) is 17.3. The number of carbonyl (C=O) groups excluding carboxylic acids is 1. The summed E-state index contributed by atoms with van der Waals surface area (Å²) in [7, 11) is 1.60. The lowest BCUT2D eigenvalue weighted by Gasteiger charge is -2.19. The largest absolute Gasteiger partial charge is 0.497 e. The number of hydrogen-bond acceptors (Lipinski definition) is 8. The molecule has 1 atom stereocenters. The van der Waals surface area contributed by atoms with Crippen molar-refractivity contribution in [3.8, 4) is 23.2 Å². The van der Waals surface area contributed by atoms with Crippen molar-refractivity contribution in [1.29, 1.82) is 0 Å². The van der Waals surface area contributed by atoms with E-state index in [4.69, 9.17) is 14.2 Å². The molecule has 0 spiro atoms. The monoisotopic (exact) mass is 456 g/mol. The first kappa shape index (κ1) is 21.1. The van der Waals surface area contributed by atoms with Crippen molar-refractivity contribution in [2.75, 3.05) is 7.11 Å². The van der Waals surface area contributed by atoms with E-state index in [2.05, 4.69) is 20.6 Å². The summed E-state index contributed by atoms with van der Waals surface area (Å²) in [6, 6.07) is 24.1. The first-order valence-corrected chi connectivity index (χ1v) is 10.4. The number of benzene rings is 3. The highest BCUT2D eigenvalue weighted by molar-refractivity contribution is 5.96. The summed E-state index contributed by atoms with van der Waals surface area (Å²) in [6.07, 6.45) is -0.662. The second kappa shape index (κ2) is 9.02. The second-order valence-corrected chi connectivity index (χ2v) is 7.35. The van der Waals surface area contributed by atoms with E-state index < -0.39 is 6.23 Å². The van der Waals surface area contributed by atoms with Gasteiger partial charge >= 0.3 is 6.01 Å². The SMILES string of the molecule is COc1ccc(C2OC(c3ccc(Oc4nnnn4-c4ccccc4)cc3)=NN2C(C)=O)cc1. The molecular weight excluding hydrogens is 436 g/mol. The smallest absolute Gasteiger partial charge is 0.345 e. The number of carbonyl (C=O) groups is 1. The number of nitrogens with zero attached hydrogens (tertiary/aromatic N) is 6. The molecule has 1 unspecified atom stereocenters. The number of ether oxygens (including phenoxy) is 3. The van der Waals surface area contributed by atoms with Gasteiger partial charge in [-0.1, -0.05) is 23.3 Å². The van der Waals surface area contributed by atoms with E-state index >= 15 is 0 Å². The molecule has 0 N–H and O–H groups in total. The summed E-state index contributed by atoms with van der Waals surface area (Å²) in [5.41, 5.74) is 2.25. The Kier molecular flexibility index (Phi) is 5.61. The van der Waals surface area contributed by atoms with Crippen LogP contribution in [0.15, 0.2) is 84.0 Å². The molecule has 3 aromatic carbocycles. The van der Waals surface area contributed by atoms with E-state index in [-0.39, 0.29) is 11.9 Å². The molecule has 0 saturated heterocycles. The molecule has 1 aliphatic heterocycles. The van der Waals surface area contributed by atoms with Gasteiger partial charge in [-0.3, -0.25) is 4.79 Å². The Balaban J connectivity index is 1.34. The van der Waals surface area contributed by atoms with Crippen molar-refractivity contribution in [2.24, 2.45) is 5.10 Å². The molecule has 4 aromatic rings. The minimum atomic E-state index is -0.662. The van der Waals surface area contributed by atoms with Crippen molar-refractivity contribution in [1.82, 2.24) is 25.2 Å². The van der Waals surface area contributed by atoms with E-state index in [9.17, 15) is 4.79 Å². The van der Waals surface area contributed by atoms with Crippen LogP contribution < -0.4 is 9.47 Å². The normalized spacial score (nSPS) is 14.9. The Labute approximate surface area is 195 Å². The highest BCUT2D eigenvalue weighted by atomic mass is 16.5. The molecule has 1 aliphatic rings. The standard InChI is InChI=1S/C24H20N6O4/c1-16(31)29-23(18-10-12-20(32-2)13-11-18)34-22(26-29)17-8-14-21(15-9-17)33-24-25-27-28-30(24)19-6-4-3-5-7-19/h3-15,23H,1-2H3. The third kappa shape index (κ3) is 4.16. The number of hydrazone groups is 1. The number of hydrogen-bond donors (Lipinski definition) is 0. The van der Waals surface area contributed by atoms with Crippen LogP contribution in [-0.2, 0) is 9.53 Å². The Morgan fingerprint density at radius 1 is 0.941 bits per heavy atom. The molecule has 34 heavy (non-hydrogen) atoms. The van der Waals surface area contributed by atoms with E-state index in [0.717, 1.165) is 11.3 Å². The van der Waals surface area contributed by atoms with Gasteiger partial charge in [0.2, 0.25) is 18.0 Å². The molecule has 1 aromatic heterocycles. The van der Waals surface area contributed by atoms with Crippen molar-refractivity contribution < 1.29 is 19.0 Å². The zero-order valence-corrected chi connectivity index (χ0v) is 18.4. The molecule has 10 heteroatoms. The Morgan fingerprint density at radius 2 is 1.65 bits per heavy atom. The molecule has 10 nitrogen and oxygen atoms in total. The molecule has 0 radical (unpaired) electrons. The predicted octanol–water partition coefficient (Wildman–Crippen LogP) is 3.70. The maximum Gasteiger partial charge on any atom is 0.345 e. The quantitative estimate of drug-likeness (QED) is 0.436. The highest BCUT2D eigenvalue weighted by Gasteiger charge is 2.33. The predicted molar refractivity (Wildman–Crippen MR) is 122 cm³/mol. The van der Waals surface area contributed by atoms with Gasteiger partial charge in [0.1, 0.15) is 11.5 Å². The Morgan fingerprint density at radius 3 is 2.32 bits per heavy atom. The van der Waals surface area contributed by atoms with Crippen molar-refractivity contribution in [3.05, 3.63) is 90.0 Å². The van der Waals surface area contributed by atoms with Gasteiger partial charge in [0.15, 0.2) is 0 Å². The van der Waals surface area contributed by atoms with Gasteiger partial charge < -0.3 is 14.2 Å². The third-order valence-corrected chi connectivity index (χ3v) is 5.12. The van der Waals surface area contributed by atoms with Crippen molar-refractivity contribution in [2.45, 2.75) is 13.2 Å². The minimum Gasteiger partial charge on any atom is -0.497 e. The molecule has 1 amide bonds. The molecule has 0 aliphatic carbocycles. The Hall–Kier alpha value is -4.73. The summed E-state index contributed by atoms with van der Waals surface area (Å²) < 4.78 is 18.6. The lowest BCUT2D eigenvalue weighted by atomic mass is 10.2. The first-order chi connectivity index (χ1) is 16.6. The van der Waals surface area contributed by atoms with Crippen LogP contribution in [0.2, 0.25) is 0 Å². The van der Waals surface area contributed by atoms with Crippen LogP contribution in [0.5, 0.6) is 17.5 Å². The molecule has 0 fully saturated rings. The average molecular weight is 456 g/mol. The van der Waals surface area contributed by atoms with Crippen LogP contribution >= 0.6 is 0 Å². The number of tetrazole rings is 1. The van der Waals surface area contributed by atoms with Gasteiger partial charge in [-0.05, 0) is 71.1 Å². The molecule has 2 heterocycles. The minimum absolute atomic E-state index is 0.232. The molecule has 0 bridgehead atoms. The molecular formula is C24H20N6O4. The van der Waals surface area contributed by atoms with Gasteiger partial charge in [0.05, 0.1) is 12.8 Å². The maximum absolute atomic E-state index is 12.2. The van der Waals surface area contributed by atoms with Crippen LogP contribution in [0, 0.1) is 0 Å². The Bertz CT molecular complexity index is 1320. The van der Waals surface area contributed by atoms with Crippen molar-refractivity contribution in [3.63, 3.8) is 0 Å². The van der Waals surface area contributed by atoms with Crippen LogP contribution in [0.3, 0.4) is 0 Å². The van der Waals surface area contributed by atoms with E-state index in [0.29, 0.717) is 23.0 Å². The highest BCUT2D eigenvalue weighted by Crippen LogP contribution is 2.32. The lowest BCUT2D eigenvalue weighted by molar-refractivity contribution is -0.135.